The molecular weight excluding hydrogens is 360 g/mol. The summed E-state index contributed by atoms with van der Waals surface area (Å²) < 4.78 is 11.5. The average Bonchev–Trinajstić information content (AvgIpc) is 2.91. The van der Waals surface area contributed by atoms with Crippen molar-refractivity contribution in [1.29, 1.82) is 0 Å². The molecule has 1 heterocycles. The Bertz CT molecular complexity index is 691. The third-order valence-electron chi connectivity index (χ3n) is 5.48. The maximum absolute atomic E-state index is 12.4. The molecule has 122 valence electrons. The van der Waals surface area contributed by atoms with Crippen molar-refractivity contribution in [2.75, 3.05) is 6.79 Å². The van der Waals surface area contributed by atoms with Crippen molar-refractivity contribution in [3.8, 4) is 11.5 Å². The van der Waals surface area contributed by atoms with Gasteiger partial charge in [-0.15, -0.1) is 0 Å². The second-order valence-electron chi connectivity index (χ2n) is 6.80. The highest BCUT2D eigenvalue weighted by Gasteiger charge is 2.64. The van der Waals surface area contributed by atoms with E-state index in [9.17, 15) is 4.79 Å². The SMILES string of the molecule is C[C@]12CCCC[C@H]1[C@H]2C(=O)N/N=C\c1cc2c(cc1Br)OCO2. The lowest BCUT2D eigenvalue weighted by Gasteiger charge is -2.15. The predicted octanol–water partition coefficient (Wildman–Crippen LogP) is 3.45. The van der Waals surface area contributed by atoms with Crippen LogP contribution in [0.1, 0.15) is 38.2 Å². The van der Waals surface area contributed by atoms with Crippen LogP contribution in [-0.2, 0) is 4.79 Å². The van der Waals surface area contributed by atoms with Gasteiger partial charge < -0.3 is 9.47 Å². The Morgan fingerprint density at radius 2 is 2.17 bits per heavy atom. The van der Waals surface area contributed by atoms with Crippen molar-refractivity contribution in [1.82, 2.24) is 5.43 Å². The summed E-state index contributed by atoms with van der Waals surface area (Å²) in [4.78, 5) is 12.4. The van der Waals surface area contributed by atoms with E-state index in [0.717, 1.165) is 16.5 Å². The van der Waals surface area contributed by atoms with Gasteiger partial charge in [0, 0.05) is 16.0 Å². The van der Waals surface area contributed by atoms with Gasteiger partial charge in [0.1, 0.15) is 0 Å². The molecule has 2 saturated carbocycles. The topological polar surface area (TPSA) is 59.9 Å². The lowest BCUT2D eigenvalue weighted by molar-refractivity contribution is -0.123. The number of rotatable bonds is 3. The maximum Gasteiger partial charge on any atom is 0.244 e. The molecule has 1 N–H and O–H groups in total. The Kier molecular flexibility index (Phi) is 3.59. The molecule has 0 spiro atoms. The van der Waals surface area contributed by atoms with Crippen LogP contribution in [0.3, 0.4) is 0 Å². The van der Waals surface area contributed by atoms with E-state index < -0.39 is 0 Å². The van der Waals surface area contributed by atoms with Crippen LogP contribution >= 0.6 is 15.9 Å². The van der Waals surface area contributed by atoms with Gasteiger partial charge in [-0.05, 0) is 52.2 Å². The van der Waals surface area contributed by atoms with Crippen LogP contribution < -0.4 is 14.9 Å². The molecule has 3 atom stereocenters. The van der Waals surface area contributed by atoms with Crippen molar-refractivity contribution >= 4 is 28.1 Å². The smallest absolute Gasteiger partial charge is 0.244 e. The van der Waals surface area contributed by atoms with E-state index in [-0.39, 0.29) is 24.0 Å². The number of nitrogens with zero attached hydrogens (tertiary/aromatic N) is 1. The molecule has 0 bridgehead atoms. The summed E-state index contributed by atoms with van der Waals surface area (Å²) >= 11 is 3.48. The monoisotopic (exact) mass is 378 g/mol. The zero-order chi connectivity index (χ0) is 16.0. The summed E-state index contributed by atoms with van der Waals surface area (Å²) in [5, 5.41) is 4.13. The molecule has 1 aromatic rings. The minimum atomic E-state index is 0.0486. The molecule has 0 aromatic heterocycles. The fourth-order valence-electron chi connectivity index (χ4n) is 4.12. The number of carbonyl (C=O) groups excluding carboxylic acids is 1. The van der Waals surface area contributed by atoms with Gasteiger partial charge in [-0.2, -0.15) is 5.10 Å². The zero-order valence-corrected chi connectivity index (χ0v) is 14.6. The summed E-state index contributed by atoms with van der Waals surface area (Å²) in [6.07, 6.45) is 6.46. The van der Waals surface area contributed by atoms with Crippen LogP contribution in [0.15, 0.2) is 21.7 Å². The van der Waals surface area contributed by atoms with Gasteiger partial charge >= 0.3 is 0 Å². The summed E-state index contributed by atoms with van der Waals surface area (Å²) in [7, 11) is 0. The van der Waals surface area contributed by atoms with Crippen molar-refractivity contribution in [3.05, 3.63) is 22.2 Å². The number of amides is 1. The van der Waals surface area contributed by atoms with Gasteiger partial charge in [-0.3, -0.25) is 4.79 Å². The molecule has 2 aliphatic carbocycles. The fourth-order valence-corrected chi connectivity index (χ4v) is 4.54. The van der Waals surface area contributed by atoms with Gasteiger partial charge in [0.15, 0.2) is 11.5 Å². The van der Waals surface area contributed by atoms with E-state index in [4.69, 9.17) is 9.47 Å². The van der Waals surface area contributed by atoms with E-state index in [1.165, 1.54) is 19.3 Å². The molecule has 4 rings (SSSR count). The summed E-state index contributed by atoms with van der Waals surface area (Å²) in [6.45, 7) is 2.47. The lowest BCUT2D eigenvalue weighted by Crippen LogP contribution is -2.22. The molecule has 23 heavy (non-hydrogen) atoms. The first-order valence-corrected chi connectivity index (χ1v) is 8.81. The number of hydrazone groups is 1. The quantitative estimate of drug-likeness (QED) is 0.647. The van der Waals surface area contributed by atoms with Gasteiger partial charge in [-0.1, -0.05) is 19.8 Å². The third kappa shape index (κ3) is 2.53. The molecule has 0 radical (unpaired) electrons. The van der Waals surface area contributed by atoms with E-state index >= 15 is 0 Å². The second kappa shape index (κ2) is 5.51. The van der Waals surface area contributed by atoms with Gasteiger partial charge in [0.2, 0.25) is 12.7 Å². The highest BCUT2D eigenvalue weighted by molar-refractivity contribution is 9.10. The number of benzene rings is 1. The Balaban J connectivity index is 1.41. The number of hydrogen-bond acceptors (Lipinski definition) is 4. The lowest BCUT2D eigenvalue weighted by atomic mass is 9.90. The van der Waals surface area contributed by atoms with Crippen molar-refractivity contribution in [3.63, 3.8) is 0 Å². The Hall–Kier alpha value is -1.56. The second-order valence-corrected chi connectivity index (χ2v) is 7.65. The molecule has 6 heteroatoms. The molecule has 1 amide bonds. The maximum atomic E-state index is 12.4. The number of fused-ring (bicyclic) bond motifs is 2. The van der Waals surface area contributed by atoms with E-state index in [2.05, 4.69) is 33.4 Å². The number of nitrogens with one attached hydrogen (secondary N) is 1. The van der Waals surface area contributed by atoms with Gasteiger partial charge in [0.05, 0.1) is 6.21 Å². The number of ether oxygens (including phenoxy) is 2. The molecule has 0 saturated heterocycles. The molecule has 5 nitrogen and oxygen atoms in total. The van der Waals surface area contributed by atoms with E-state index in [0.29, 0.717) is 17.4 Å². The Morgan fingerprint density at radius 3 is 2.91 bits per heavy atom. The Labute approximate surface area is 143 Å². The highest BCUT2D eigenvalue weighted by atomic mass is 79.9. The molecule has 0 unspecified atom stereocenters. The summed E-state index contributed by atoms with van der Waals surface area (Å²) in [6, 6.07) is 3.70. The fraction of sp³-hybridized carbons (Fsp3) is 0.529. The average molecular weight is 379 g/mol. The first-order chi connectivity index (χ1) is 11.1. The van der Waals surface area contributed by atoms with Crippen molar-refractivity contribution in [2.45, 2.75) is 32.6 Å². The summed E-state index contributed by atoms with van der Waals surface area (Å²) in [5.74, 6) is 2.13. The molecular formula is C17H19BrN2O3. The molecule has 1 aromatic carbocycles. The minimum absolute atomic E-state index is 0.0486. The van der Waals surface area contributed by atoms with Crippen LogP contribution in [0, 0.1) is 17.3 Å². The van der Waals surface area contributed by atoms with Crippen LogP contribution in [0.2, 0.25) is 0 Å². The first kappa shape index (κ1) is 15.0. The van der Waals surface area contributed by atoms with Crippen molar-refractivity contribution < 1.29 is 14.3 Å². The Morgan fingerprint density at radius 1 is 1.39 bits per heavy atom. The summed E-state index contributed by atoms with van der Waals surface area (Å²) in [5.41, 5.74) is 3.75. The predicted molar refractivity (Wildman–Crippen MR) is 89.6 cm³/mol. The van der Waals surface area contributed by atoms with Crippen molar-refractivity contribution in [2.24, 2.45) is 22.4 Å². The van der Waals surface area contributed by atoms with E-state index in [1.54, 1.807) is 6.21 Å². The number of halogens is 1. The third-order valence-corrected chi connectivity index (χ3v) is 6.17. The van der Waals surface area contributed by atoms with Crippen LogP contribution in [0.4, 0.5) is 0 Å². The van der Waals surface area contributed by atoms with Gasteiger partial charge in [0.25, 0.3) is 0 Å². The normalized spacial score (nSPS) is 31.0. The van der Waals surface area contributed by atoms with E-state index in [1.807, 2.05) is 12.1 Å². The zero-order valence-electron chi connectivity index (χ0n) is 13.0. The first-order valence-electron chi connectivity index (χ1n) is 8.02. The van der Waals surface area contributed by atoms with Crippen LogP contribution in [-0.4, -0.2) is 18.9 Å². The number of hydrogen-bond donors (Lipinski definition) is 1. The molecule has 2 fully saturated rings. The van der Waals surface area contributed by atoms with Crippen LogP contribution in [0.25, 0.3) is 0 Å². The van der Waals surface area contributed by atoms with Gasteiger partial charge in [-0.25, -0.2) is 5.43 Å². The number of carbonyl (C=O) groups is 1. The minimum Gasteiger partial charge on any atom is -0.454 e. The standard InChI is InChI=1S/C17H19BrN2O3/c1-17-5-3-2-4-11(17)15(17)16(21)20-19-8-10-6-13-14(7-12(10)18)23-9-22-13/h6-8,11,15H,2-5,9H2,1H3,(H,20,21)/b19-8-/t11-,15-,17-/m0/s1. The molecule has 3 aliphatic rings. The highest BCUT2D eigenvalue weighted by Crippen LogP contribution is 2.66. The molecule has 1 aliphatic heterocycles. The largest absolute Gasteiger partial charge is 0.454 e. The van der Waals surface area contributed by atoms with Crippen LogP contribution in [0.5, 0.6) is 11.5 Å².